The number of rotatable bonds is 6. The van der Waals surface area contributed by atoms with E-state index < -0.39 is 0 Å². The zero-order valence-corrected chi connectivity index (χ0v) is 18.8. The lowest BCUT2D eigenvalue weighted by Gasteiger charge is -2.25. The number of amides is 1. The molecule has 0 aromatic carbocycles. The Morgan fingerprint density at radius 3 is 2.75 bits per heavy atom. The van der Waals surface area contributed by atoms with Crippen LogP contribution in [0.1, 0.15) is 20.3 Å². The van der Waals surface area contributed by atoms with Crippen LogP contribution in [-0.2, 0) is 4.74 Å². The molecule has 3 aromatic heterocycles. The van der Waals surface area contributed by atoms with Gasteiger partial charge in [-0.15, -0.1) is 15.3 Å². The largest absolute Gasteiger partial charge is 0.480 e. The lowest BCUT2D eigenvalue weighted by atomic mass is 10.2. The van der Waals surface area contributed by atoms with Crippen molar-refractivity contribution in [2.45, 2.75) is 32.4 Å². The zero-order chi connectivity index (χ0) is 22.8. The first-order chi connectivity index (χ1) is 15.4. The van der Waals surface area contributed by atoms with Gasteiger partial charge in [-0.05, 0) is 32.4 Å². The number of hydrogen-bond acceptors (Lipinski definition) is 9. The number of fused-ring (bicyclic) bond motifs is 1. The molecule has 11 nitrogen and oxygen atoms in total. The van der Waals surface area contributed by atoms with Crippen molar-refractivity contribution in [3.63, 3.8) is 0 Å². The number of imidazole rings is 1. The Hall–Kier alpha value is -3.63. The monoisotopic (exact) mass is 441 g/mol. The van der Waals surface area contributed by atoms with E-state index in [-0.39, 0.29) is 18.2 Å². The molecule has 1 saturated heterocycles. The minimum absolute atomic E-state index is 0.0507. The smallest absolute Gasteiger partial charge is 0.410 e. The van der Waals surface area contributed by atoms with Crippen molar-refractivity contribution in [3.8, 4) is 23.0 Å². The number of anilines is 1. The second-order valence-corrected chi connectivity index (χ2v) is 7.85. The minimum atomic E-state index is -0.307. The van der Waals surface area contributed by atoms with Crippen molar-refractivity contribution in [1.29, 1.82) is 0 Å². The van der Waals surface area contributed by atoms with Crippen LogP contribution < -0.4 is 14.4 Å². The lowest BCUT2D eigenvalue weighted by Crippen LogP contribution is -2.40. The summed E-state index contributed by atoms with van der Waals surface area (Å²) >= 11 is 0. The van der Waals surface area contributed by atoms with Crippen LogP contribution in [0.25, 0.3) is 16.9 Å². The molecule has 0 radical (unpaired) electrons. The predicted octanol–water partition coefficient (Wildman–Crippen LogP) is 2.26. The molecule has 4 heterocycles. The lowest BCUT2D eigenvalue weighted by molar-refractivity contribution is 0.0748. The molecule has 11 heteroatoms. The highest BCUT2D eigenvalue weighted by Crippen LogP contribution is 2.31. The number of carbonyl (C=O) groups is 1. The Balaban J connectivity index is 1.61. The highest BCUT2D eigenvalue weighted by atomic mass is 16.6. The van der Waals surface area contributed by atoms with Gasteiger partial charge < -0.3 is 24.0 Å². The average molecular weight is 441 g/mol. The summed E-state index contributed by atoms with van der Waals surface area (Å²) in [4.78, 5) is 20.5. The summed E-state index contributed by atoms with van der Waals surface area (Å²) in [5.41, 5.74) is 2.07. The van der Waals surface area contributed by atoms with Crippen molar-refractivity contribution in [2.75, 3.05) is 39.3 Å². The fraction of sp³-hybridized carbons (Fsp3) is 0.476. The number of carbonyl (C=O) groups excluding carboxylic acids is 1. The summed E-state index contributed by atoms with van der Waals surface area (Å²) in [5.74, 6) is 1.51. The van der Waals surface area contributed by atoms with Gasteiger partial charge in [-0.1, -0.05) is 0 Å². The maximum absolute atomic E-state index is 12.3. The number of likely N-dealkylation sites (N-methyl/N-ethyl adjacent to an activating group) is 1. The van der Waals surface area contributed by atoms with Gasteiger partial charge in [-0.25, -0.2) is 14.3 Å². The Morgan fingerprint density at radius 1 is 1.22 bits per heavy atom. The molecular formula is C21H27N7O4. The fourth-order valence-corrected chi connectivity index (χ4v) is 3.71. The van der Waals surface area contributed by atoms with Crippen LogP contribution in [0.5, 0.6) is 11.8 Å². The SMILES string of the molecule is COc1cc(-c2cnc3ccc(N4CC[C@H](N(C)C(=O)OC(C)C)C4)nn23)c(OC)nn1. The van der Waals surface area contributed by atoms with Crippen LogP contribution in [0.15, 0.2) is 24.4 Å². The molecule has 170 valence electrons. The third-order valence-corrected chi connectivity index (χ3v) is 5.42. The van der Waals surface area contributed by atoms with Crippen molar-refractivity contribution in [2.24, 2.45) is 0 Å². The molecule has 32 heavy (non-hydrogen) atoms. The van der Waals surface area contributed by atoms with Gasteiger partial charge in [0, 0.05) is 26.2 Å². The van der Waals surface area contributed by atoms with Crippen LogP contribution in [0.4, 0.5) is 10.6 Å². The summed E-state index contributed by atoms with van der Waals surface area (Å²) in [6.07, 6.45) is 2.09. The molecule has 0 aliphatic carbocycles. The first kappa shape index (κ1) is 21.6. The van der Waals surface area contributed by atoms with Gasteiger partial charge in [0.05, 0.1) is 43.8 Å². The standard InChI is InChI=1S/C21H27N7O4/c1-13(2)32-21(29)26(3)14-8-9-27(12-14)18-7-6-17-22-11-16(28(17)25-18)15-10-19(30-4)23-24-20(15)31-5/h6-7,10-11,13-14H,8-9,12H2,1-5H3/t14-/m0/s1. The topological polar surface area (TPSA) is 107 Å². The van der Waals surface area contributed by atoms with E-state index in [1.807, 2.05) is 26.0 Å². The Bertz CT molecular complexity index is 1120. The molecule has 1 atom stereocenters. The first-order valence-electron chi connectivity index (χ1n) is 10.4. The van der Waals surface area contributed by atoms with Crippen molar-refractivity contribution < 1.29 is 19.0 Å². The summed E-state index contributed by atoms with van der Waals surface area (Å²) in [7, 11) is 4.84. The van der Waals surface area contributed by atoms with E-state index >= 15 is 0 Å². The minimum Gasteiger partial charge on any atom is -0.480 e. The van der Waals surface area contributed by atoms with E-state index in [2.05, 4.69) is 20.1 Å². The van der Waals surface area contributed by atoms with Crippen LogP contribution in [0, 0.1) is 0 Å². The van der Waals surface area contributed by atoms with Gasteiger partial charge in [-0.3, -0.25) is 0 Å². The molecule has 0 unspecified atom stereocenters. The van der Waals surface area contributed by atoms with Gasteiger partial charge >= 0.3 is 6.09 Å². The third-order valence-electron chi connectivity index (χ3n) is 5.42. The second kappa shape index (κ2) is 8.85. The van der Waals surface area contributed by atoms with E-state index in [0.717, 1.165) is 18.8 Å². The van der Waals surface area contributed by atoms with E-state index in [1.165, 1.54) is 14.2 Å². The molecular weight excluding hydrogens is 414 g/mol. The Labute approximate surface area is 185 Å². The van der Waals surface area contributed by atoms with E-state index in [9.17, 15) is 4.79 Å². The molecule has 0 N–H and O–H groups in total. The van der Waals surface area contributed by atoms with Gasteiger partial charge in [0.25, 0.3) is 0 Å². The third kappa shape index (κ3) is 4.10. The maximum atomic E-state index is 12.3. The summed E-state index contributed by atoms with van der Waals surface area (Å²) in [5, 5.41) is 12.8. The van der Waals surface area contributed by atoms with Gasteiger partial charge in [-0.2, -0.15) is 0 Å². The van der Waals surface area contributed by atoms with E-state index in [0.29, 0.717) is 35.2 Å². The van der Waals surface area contributed by atoms with Gasteiger partial charge in [0.2, 0.25) is 11.8 Å². The summed E-state index contributed by atoms with van der Waals surface area (Å²) in [6, 6.07) is 5.64. The predicted molar refractivity (Wildman–Crippen MR) is 117 cm³/mol. The normalized spacial score (nSPS) is 15.9. The van der Waals surface area contributed by atoms with Crippen molar-refractivity contribution >= 4 is 17.6 Å². The number of hydrogen-bond donors (Lipinski definition) is 0. The van der Waals surface area contributed by atoms with Gasteiger partial charge in [0.15, 0.2) is 5.65 Å². The molecule has 4 rings (SSSR count). The number of ether oxygens (including phenoxy) is 3. The molecule has 1 aliphatic heterocycles. The van der Waals surface area contributed by atoms with Crippen LogP contribution in [0.3, 0.4) is 0 Å². The summed E-state index contributed by atoms with van der Waals surface area (Å²) in [6.45, 7) is 5.13. The molecule has 0 saturated carbocycles. The van der Waals surface area contributed by atoms with E-state index in [4.69, 9.17) is 19.3 Å². The highest BCUT2D eigenvalue weighted by Gasteiger charge is 2.30. The summed E-state index contributed by atoms with van der Waals surface area (Å²) < 4.78 is 17.7. The molecule has 1 amide bonds. The van der Waals surface area contributed by atoms with E-state index in [1.54, 1.807) is 28.7 Å². The van der Waals surface area contributed by atoms with Crippen LogP contribution >= 0.6 is 0 Å². The van der Waals surface area contributed by atoms with Crippen LogP contribution in [0.2, 0.25) is 0 Å². The second-order valence-electron chi connectivity index (χ2n) is 7.85. The van der Waals surface area contributed by atoms with Gasteiger partial charge in [0.1, 0.15) is 5.82 Å². The maximum Gasteiger partial charge on any atom is 0.410 e. The molecule has 1 fully saturated rings. The van der Waals surface area contributed by atoms with Crippen molar-refractivity contribution in [3.05, 3.63) is 24.4 Å². The molecule has 3 aromatic rings. The number of methoxy groups -OCH3 is 2. The molecule has 0 bridgehead atoms. The quantitative estimate of drug-likeness (QED) is 0.569. The number of aromatic nitrogens is 5. The fourth-order valence-electron chi connectivity index (χ4n) is 3.71. The Kier molecular flexibility index (Phi) is 5.97. The highest BCUT2D eigenvalue weighted by molar-refractivity contribution is 5.69. The number of nitrogens with zero attached hydrogens (tertiary/aromatic N) is 7. The average Bonchev–Trinajstić information content (AvgIpc) is 3.44. The van der Waals surface area contributed by atoms with Crippen molar-refractivity contribution in [1.82, 2.24) is 29.7 Å². The first-order valence-corrected chi connectivity index (χ1v) is 10.4. The Morgan fingerprint density at radius 2 is 2.03 bits per heavy atom. The van der Waals surface area contributed by atoms with Crippen LogP contribution in [-0.4, -0.2) is 82.3 Å². The molecule has 0 spiro atoms. The molecule has 1 aliphatic rings. The zero-order valence-electron chi connectivity index (χ0n) is 18.8.